The smallest absolute Gasteiger partial charge is 0.237 e. The van der Waals surface area contributed by atoms with Crippen LogP contribution in [0, 0.1) is 11.8 Å². The van der Waals surface area contributed by atoms with Crippen molar-refractivity contribution in [3.05, 3.63) is 0 Å². The van der Waals surface area contributed by atoms with Gasteiger partial charge in [-0.1, -0.05) is 13.8 Å². The molecule has 158 valence electrons. The maximum Gasteiger partial charge on any atom is 0.237 e. The van der Waals surface area contributed by atoms with Gasteiger partial charge in [-0.05, 0) is 50.9 Å². The Hall–Kier alpha value is -1.14. The predicted octanol–water partition coefficient (Wildman–Crippen LogP) is 2.13. The number of hydrogen-bond acceptors (Lipinski definition) is 4. The van der Waals surface area contributed by atoms with E-state index in [1.165, 1.54) is 6.42 Å². The zero-order valence-corrected chi connectivity index (χ0v) is 17.6. The topological polar surface area (TPSA) is 53.1 Å². The minimum Gasteiger partial charge on any atom is -0.381 e. The molecular formula is C22H37N3O3. The first-order valence-electron chi connectivity index (χ1n) is 11.5. The number of hydrogen-bond donors (Lipinski definition) is 0. The van der Waals surface area contributed by atoms with Gasteiger partial charge in [0.15, 0.2) is 0 Å². The average molecular weight is 392 g/mol. The molecule has 4 aliphatic heterocycles. The van der Waals surface area contributed by atoms with Gasteiger partial charge < -0.3 is 14.5 Å². The summed E-state index contributed by atoms with van der Waals surface area (Å²) >= 11 is 0. The maximum atomic E-state index is 13.4. The van der Waals surface area contributed by atoms with E-state index in [9.17, 15) is 9.59 Å². The van der Waals surface area contributed by atoms with Crippen LogP contribution in [0.2, 0.25) is 0 Å². The minimum absolute atomic E-state index is 0.0101. The molecule has 0 aliphatic carbocycles. The second kappa shape index (κ2) is 8.70. The summed E-state index contributed by atoms with van der Waals surface area (Å²) in [4.78, 5) is 33.2. The van der Waals surface area contributed by atoms with Crippen LogP contribution in [-0.4, -0.2) is 84.0 Å². The monoisotopic (exact) mass is 391 g/mol. The number of carbonyl (C=O) groups excluding carboxylic acids is 2. The Morgan fingerprint density at radius 2 is 1.82 bits per heavy atom. The third-order valence-corrected chi connectivity index (χ3v) is 7.22. The first kappa shape index (κ1) is 20.1. The molecule has 6 nitrogen and oxygen atoms in total. The molecule has 0 aromatic carbocycles. The molecule has 2 amide bonds. The van der Waals surface area contributed by atoms with Crippen molar-refractivity contribution in [3.8, 4) is 0 Å². The van der Waals surface area contributed by atoms with Crippen LogP contribution in [0.15, 0.2) is 0 Å². The fraction of sp³-hybridized carbons (Fsp3) is 0.909. The van der Waals surface area contributed by atoms with E-state index in [0.29, 0.717) is 24.4 Å². The lowest BCUT2D eigenvalue weighted by Crippen LogP contribution is -2.59. The quantitative estimate of drug-likeness (QED) is 0.737. The molecule has 28 heavy (non-hydrogen) atoms. The van der Waals surface area contributed by atoms with Crippen LogP contribution in [-0.2, 0) is 14.3 Å². The van der Waals surface area contributed by atoms with Crippen LogP contribution in [0.4, 0.5) is 0 Å². The van der Waals surface area contributed by atoms with Gasteiger partial charge in [0.1, 0.15) is 0 Å². The lowest BCUT2D eigenvalue weighted by molar-refractivity contribution is -0.144. The van der Waals surface area contributed by atoms with Gasteiger partial charge in [0.05, 0.1) is 12.5 Å². The number of ether oxygens (including phenoxy) is 1. The normalized spacial score (nSPS) is 32.8. The Balaban J connectivity index is 1.50. The number of fused-ring (bicyclic) bond motifs is 1. The van der Waals surface area contributed by atoms with Gasteiger partial charge in [-0.3, -0.25) is 14.5 Å². The van der Waals surface area contributed by atoms with Gasteiger partial charge in [0.2, 0.25) is 11.8 Å². The zero-order chi connectivity index (χ0) is 19.7. The molecule has 4 rings (SSSR count). The largest absolute Gasteiger partial charge is 0.381 e. The Morgan fingerprint density at radius 3 is 2.50 bits per heavy atom. The average Bonchev–Trinajstić information content (AvgIpc) is 3.07. The molecule has 0 aromatic rings. The van der Waals surface area contributed by atoms with Crippen LogP contribution in [0.3, 0.4) is 0 Å². The molecule has 0 saturated carbocycles. The van der Waals surface area contributed by atoms with Crippen molar-refractivity contribution in [3.63, 3.8) is 0 Å². The number of nitrogens with zero attached hydrogens (tertiary/aromatic N) is 3. The fourth-order valence-electron chi connectivity index (χ4n) is 5.87. The molecule has 3 atom stereocenters. The van der Waals surface area contributed by atoms with Gasteiger partial charge in [-0.2, -0.15) is 0 Å². The molecule has 0 N–H and O–H groups in total. The number of likely N-dealkylation sites (tertiary alicyclic amines) is 1. The van der Waals surface area contributed by atoms with Crippen LogP contribution in [0.5, 0.6) is 0 Å². The van der Waals surface area contributed by atoms with Crippen molar-refractivity contribution in [2.75, 3.05) is 39.4 Å². The van der Waals surface area contributed by atoms with Crippen LogP contribution >= 0.6 is 0 Å². The molecule has 6 heteroatoms. The third kappa shape index (κ3) is 4.09. The van der Waals surface area contributed by atoms with Gasteiger partial charge in [-0.25, -0.2) is 0 Å². The summed E-state index contributed by atoms with van der Waals surface area (Å²) in [5, 5.41) is 0. The van der Waals surface area contributed by atoms with E-state index in [0.717, 1.165) is 71.4 Å². The number of carbonyl (C=O) groups is 2. The molecule has 0 unspecified atom stereocenters. The van der Waals surface area contributed by atoms with Crippen molar-refractivity contribution in [2.45, 2.75) is 76.9 Å². The van der Waals surface area contributed by atoms with E-state index in [2.05, 4.69) is 28.5 Å². The summed E-state index contributed by atoms with van der Waals surface area (Å²) in [5.74, 6) is 1.03. The van der Waals surface area contributed by atoms with E-state index in [1.54, 1.807) is 0 Å². The lowest BCUT2D eigenvalue weighted by atomic mass is 9.90. The second-order valence-corrected chi connectivity index (χ2v) is 9.65. The van der Waals surface area contributed by atoms with Crippen LogP contribution in [0.1, 0.15) is 58.8 Å². The minimum atomic E-state index is -0.0101. The molecule has 0 aromatic heterocycles. The number of piperazine rings is 1. The number of amides is 2. The van der Waals surface area contributed by atoms with Gasteiger partial charge in [0.25, 0.3) is 0 Å². The Morgan fingerprint density at radius 1 is 1.11 bits per heavy atom. The summed E-state index contributed by atoms with van der Waals surface area (Å²) in [6.45, 7) is 9.25. The number of rotatable bonds is 4. The summed E-state index contributed by atoms with van der Waals surface area (Å²) in [6, 6.07) is 0.746. The molecule has 4 aliphatic rings. The Labute approximate surface area is 169 Å². The van der Waals surface area contributed by atoms with Crippen molar-refractivity contribution in [1.82, 2.24) is 14.7 Å². The summed E-state index contributed by atoms with van der Waals surface area (Å²) < 4.78 is 5.51. The SMILES string of the molecule is CC(C)C[C@@H]1[C@H](C(=O)N2CCCCC2)C[C@@H]2CN(C3CCOCC3)CC(=O)N21. The first-order valence-corrected chi connectivity index (χ1v) is 11.5. The van der Waals surface area contributed by atoms with Gasteiger partial charge in [0, 0.05) is 51.0 Å². The lowest BCUT2D eigenvalue weighted by Gasteiger charge is -2.44. The van der Waals surface area contributed by atoms with E-state index >= 15 is 0 Å². The highest BCUT2D eigenvalue weighted by molar-refractivity contribution is 5.85. The molecule has 0 radical (unpaired) electrons. The van der Waals surface area contributed by atoms with Crippen molar-refractivity contribution < 1.29 is 14.3 Å². The standard InChI is InChI=1S/C22H37N3O3/c1-16(2)12-20-19(22(27)23-8-4-3-5-9-23)13-18-14-24(15-21(26)25(18)20)17-6-10-28-11-7-17/h16-20H,3-15H2,1-2H3/t18-,19-,20-/m1/s1. The molecule has 0 bridgehead atoms. The van der Waals surface area contributed by atoms with E-state index in [4.69, 9.17) is 4.74 Å². The van der Waals surface area contributed by atoms with E-state index in [1.807, 2.05) is 0 Å². The van der Waals surface area contributed by atoms with Gasteiger partial charge in [-0.15, -0.1) is 0 Å². The highest BCUT2D eigenvalue weighted by Gasteiger charge is 2.51. The zero-order valence-electron chi connectivity index (χ0n) is 17.6. The Bertz CT molecular complexity index is 569. The molecular weight excluding hydrogens is 354 g/mol. The van der Waals surface area contributed by atoms with Crippen LogP contribution in [0.25, 0.3) is 0 Å². The first-order chi connectivity index (χ1) is 13.5. The highest BCUT2D eigenvalue weighted by Crippen LogP contribution is 2.38. The molecule has 4 heterocycles. The molecule has 4 fully saturated rings. The fourth-order valence-corrected chi connectivity index (χ4v) is 5.87. The summed E-state index contributed by atoms with van der Waals surface area (Å²) in [7, 11) is 0. The van der Waals surface area contributed by atoms with Crippen molar-refractivity contribution in [2.24, 2.45) is 11.8 Å². The summed E-state index contributed by atoms with van der Waals surface area (Å²) in [6.07, 6.45) is 7.30. The molecule has 4 saturated heterocycles. The predicted molar refractivity (Wildman–Crippen MR) is 108 cm³/mol. The van der Waals surface area contributed by atoms with Crippen LogP contribution < -0.4 is 0 Å². The third-order valence-electron chi connectivity index (χ3n) is 7.22. The molecule has 0 spiro atoms. The number of piperidine rings is 1. The van der Waals surface area contributed by atoms with Gasteiger partial charge >= 0.3 is 0 Å². The highest BCUT2D eigenvalue weighted by atomic mass is 16.5. The van der Waals surface area contributed by atoms with Crippen molar-refractivity contribution >= 4 is 11.8 Å². The summed E-state index contributed by atoms with van der Waals surface area (Å²) in [5.41, 5.74) is 0. The van der Waals surface area contributed by atoms with E-state index < -0.39 is 0 Å². The second-order valence-electron chi connectivity index (χ2n) is 9.65. The van der Waals surface area contributed by atoms with Crippen molar-refractivity contribution in [1.29, 1.82) is 0 Å². The van der Waals surface area contributed by atoms with E-state index in [-0.39, 0.29) is 23.9 Å². The maximum absolute atomic E-state index is 13.4. The Kier molecular flexibility index (Phi) is 6.26.